The Morgan fingerprint density at radius 3 is 0.984 bits per heavy atom. The number of carbonyl (C=O) groups excluding carboxylic acids is 1. The Balaban J connectivity index is 3.64. The third-order valence-electron chi connectivity index (χ3n) is 13.3. The van der Waals surface area contributed by atoms with Crippen LogP contribution >= 0.6 is 0 Å². The van der Waals surface area contributed by atoms with Crippen molar-refractivity contribution < 1.29 is 25.2 Å². The number of rotatable bonds is 52. The minimum Gasteiger partial charge on any atom is -0.394 e. The Labute approximate surface area is 398 Å². The zero-order chi connectivity index (χ0) is 46.7. The topological polar surface area (TPSA) is 110 Å². The van der Waals surface area contributed by atoms with E-state index in [2.05, 4.69) is 55.6 Å². The van der Waals surface area contributed by atoms with Crippen LogP contribution in [0.1, 0.15) is 296 Å². The molecule has 5 N–H and O–H groups in total. The summed E-state index contributed by atoms with van der Waals surface area (Å²) < 4.78 is 0. The fourth-order valence-corrected chi connectivity index (χ4v) is 8.85. The largest absolute Gasteiger partial charge is 0.394 e. The van der Waals surface area contributed by atoms with Crippen LogP contribution in [0.4, 0.5) is 0 Å². The van der Waals surface area contributed by atoms with Crippen molar-refractivity contribution in [3.8, 4) is 0 Å². The molecule has 0 fully saturated rings. The molecular weight excluding hydrogens is 791 g/mol. The lowest BCUT2D eigenvalue weighted by Crippen LogP contribution is -2.53. The van der Waals surface area contributed by atoms with Crippen molar-refractivity contribution in [2.75, 3.05) is 6.61 Å². The average Bonchev–Trinajstić information content (AvgIpc) is 3.30. The predicted molar refractivity (Wildman–Crippen MR) is 279 cm³/mol. The summed E-state index contributed by atoms with van der Waals surface area (Å²) in [5, 5.41) is 43.9. The van der Waals surface area contributed by atoms with Gasteiger partial charge in [0.25, 0.3) is 0 Å². The second-order valence-electron chi connectivity index (χ2n) is 19.6. The van der Waals surface area contributed by atoms with Crippen LogP contribution in [0.25, 0.3) is 0 Å². The number of aliphatic hydroxyl groups is 4. The van der Waals surface area contributed by atoms with Gasteiger partial charge in [-0.25, -0.2) is 0 Å². The molecule has 0 aliphatic carbocycles. The van der Waals surface area contributed by atoms with Gasteiger partial charge < -0.3 is 25.7 Å². The van der Waals surface area contributed by atoms with Crippen molar-refractivity contribution in [1.82, 2.24) is 5.32 Å². The molecule has 0 radical (unpaired) electrons. The van der Waals surface area contributed by atoms with Crippen LogP contribution in [0.3, 0.4) is 0 Å². The van der Waals surface area contributed by atoms with Crippen LogP contribution in [-0.4, -0.2) is 57.3 Å². The van der Waals surface area contributed by atoms with Gasteiger partial charge in [0.15, 0.2) is 0 Å². The van der Waals surface area contributed by atoms with Gasteiger partial charge in [0.1, 0.15) is 12.2 Å². The van der Waals surface area contributed by atoms with Crippen molar-refractivity contribution in [2.45, 2.75) is 321 Å². The van der Waals surface area contributed by atoms with E-state index in [1.807, 2.05) is 0 Å². The molecule has 0 aromatic rings. The quantitative estimate of drug-likeness (QED) is 0.0309. The number of allylic oxidation sites excluding steroid dienone is 6. The summed E-state index contributed by atoms with van der Waals surface area (Å²) in [5.74, 6) is -0.595. The molecule has 0 aliphatic rings. The zero-order valence-corrected chi connectivity index (χ0v) is 42.8. The Morgan fingerprint density at radius 1 is 0.375 bits per heavy atom. The number of hydrogen-bond donors (Lipinski definition) is 5. The van der Waals surface area contributed by atoms with Gasteiger partial charge in [-0.3, -0.25) is 4.79 Å². The Morgan fingerprint density at radius 2 is 0.656 bits per heavy atom. The molecule has 0 saturated heterocycles. The normalized spacial score (nSPS) is 14.0. The van der Waals surface area contributed by atoms with Crippen LogP contribution in [0.15, 0.2) is 36.5 Å². The molecule has 4 unspecified atom stereocenters. The third-order valence-corrected chi connectivity index (χ3v) is 13.3. The second-order valence-corrected chi connectivity index (χ2v) is 19.6. The highest BCUT2D eigenvalue weighted by atomic mass is 16.3. The first-order chi connectivity index (χ1) is 31.5. The summed E-state index contributed by atoms with van der Waals surface area (Å²) >= 11 is 0. The summed E-state index contributed by atoms with van der Waals surface area (Å²) in [6, 6.07) is -1.01. The fourth-order valence-electron chi connectivity index (χ4n) is 8.85. The minimum atomic E-state index is -1.29. The van der Waals surface area contributed by atoms with Crippen LogP contribution in [0.2, 0.25) is 0 Å². The molecule has 6 heteroatoms. The van der Waals surface area contributed by atoms with E-state index in [-0.39, 0.29) is 0 Å². The van der Waals surface area contributed by atoms with Crippen molar-refractivity contribution in [2.24, 2.45) is 0 Å². The van der Waals surface area contributed by atoms with E-state index >= 15 is 0 Å². The Bertz CT molecular complexity index is 1010. The average molecular weight is 903 g/mol. The lowest BCUT2D eigenvalue weighted by atomic mass is 10.00. The summed E-state index contributed by atoms with van der Waals surface area (Å²) in [4.78, 5) is 12.6. The third kappa shape index (κ3) is 45.7. The van der Waals surface area contributed by atoms with Gasteiger partial charge in [-0.05, 0) is 64.2 Å². The summed E-state index contributed by atoms with van der Waals surface area (Å²) in [6.07, 6.45) is 65.0. The maximum absolute atomic E-state index is 12.6. The first-order valence-electron chi connectivity index (χ1n) is 28.4. The van der Waals surface area contributed by atoms with E-state index in [1.165, 1.54) is 212 Å². The van der Waals surface area contributed by atoms with E-state index < -0.39 is 36.9 Å². The molecular formula is C58H111NO5. The molecule has 1 amide bonds. The highest BCUT2D eigenvalue weighted by Crippen LogP contribution is 2.18. The molecule has 0 aromatic heterocycles. The van der Waals surface area contributed by atoms with Gasteiger partial charge in [-0.1, -0.05) is 269 Å². The van der Waals surface area contributed by atoms with Crippen molar-refractivity contribution in [3.63, 3.8) is 0 Å². The number of nitrogens with one attached hydrogen (secondary N) is 1. The number of carbonyl (C=O) groups is 1. The first-order valence-corrected chi connectivity index (χ1v) is 28.4. The molecule has 0 aliphatic heterocycles. The SMILES string of the molecule is CCCCCCCC/C=C/CC/C=C/CC/C=C/CCCC(O)C(O)C(CO)NC(=O)C(O)CCCCCCCCCCCCCCCCCCCCCCCCCCCCCCC. The maximum atomic E-state index is 12.6. The smallest absolute Gasteiger partial charge is 0.249 e. The molecule has 64 heavy (non-hydrogen) atoms. The second kappa shape index (κ2) is 52.5. The first kappa shape index (κ1) is 62.5. The zero-order valence-electron chi connectivity index (χ0n) is 42.8. The predicted octanol–water partition coefficient (Wildman–Crippen LogP) is 16.4. The van der Waals surface area contributed by atoms with Gasteiger partial charge in [0.05, 0.1) is 18.8 Å². The summed E-state index contributed by atoms with van der Waals surface area (Å²) in [5.41, 5.74) is 0. The number of amides is 1. The van der Waals surface area contributed by atoms with Crippen LogP contribution < -0.4 is 5.32 Å². The molecule has 4 atom stereocenters. The molecule has 0 rings (SSSR count). The Hall–Kier alpha value is -1.47. The van der Waals surface area contributed by atoms with Crippen LogP contribution in [0, 0.1) is 0 Å². The molecule has 378 valence electrons. The van der Waals surface area contributed by atoms with E-state index in [9.17, 15) is 25.2 Å². The number of hydrogen-bond acceptors (Lipinski definition) is 5. The number of unbranched alkanes of at least 4 members (excludes halogenated alkanes) is 37. The standard InChI is InChI=1S/C58H111NO5/c1-3-5-7-9-11-13-15-17-19-21-23-24-25-26-27-28-29-30-31-32-34-36-38-40-42-44-46-48-50-52-56(62)58(64)59-54(53-60)57(63)55(61)51-49-47-45-43-41-39-37-35-33-22-20-18-16-14-12-10-8-6-4-2/h18,20,35,37,43,45,54-57,60-63H,3-17,19,21-34,36,38-42,44,46-53H2,1-2H3,(H,59,64)/b20-18+,37-35+,45-43+. The van der Waals surface area contributed by atoms with E-state index in [1.54, 1.807) is 0 Å². The van der Waals surface area contributed by atoms with Crippen molar-refractivity contribution >= 4 is 5.91 Å². The van der Waals surface area contributed by atoms with Gasteiger partial charge in [0, 0.05) is 0 Å². The van der Waals surface area contributed by atoms with Crippen LogP contribution in [0.5, 0.6) is 0 Å². The van der Waals surface area contributed by atoms with Gasteiger partial charge in [-0.15, -0.1) is 0 Å². The number of aliphatic hydroxyl groups excluding tert-OH is 4. The van der Waals surface area contributed by atoms with E-state index in [4.69, 9.17) is 0 Å². The minimum absolute atomic E-state index is 0.362. The van der Waals surface area contributed by atoms with E-state index in [0.29, 0.717) is 19.3 Å². The molecule has 0 saturated carbocycles. The summed E-state index contributed by atoms with van der Waals surface area (Å²) in [6.45, 7) is 4.06. The molecule has 0 spiro atoms. The van der Waals surface area contributed by atoms with E-state index in [0.717, 1.165) is 51.4 Å². The molecule has 6 nitrogen and oxygen atoms in total. The monoisotopic (exact) mass is 902 g/mol. The highest BCUT2D eigenvalue weighted by Gasteiger charge is 2.28. The summed E-state index contributed by atoms with van der Waals surface area (Å²) in [7, 11) is 0. The Kier molecular flexibility index (Phi) is 51.3. The molecule has 0 bridgehead atoms. The van der Waals surface area contributed by atoms with Crippen LogP contribution in [-0.2, 0) is 4.79 Å². The van der Waals surface area contributed by atoms with Gasteiger partial charge in [-0.2, -0.15) is 0 Å². The maximum Gasteiger partial charge on any atom is 0.249 e. The molecule has 0 aromatic carbocycles. The highest BCUT2D eigenvalue weighted by molar-refractivity contribution is 5.80. The van der Waals surface area contributed by atoms with Gasteiger partial charge >= 0.3 is 0 Å². The fraction of sp³-hybridized carbons (Fsp3) is 0.879. The molecule has 0 heterocycles. The van der Waals surface area contributed by atoms with Crippen molar-refractivity contribution in [1.29, 1.82) is 0 Å². The lowest BCUT2D eigenvalue weighted by molar-refractivity contribution is -0.132. The van der Waals surface area contributed by atoms with Crippen molar-refractivity contribution in [3.05, 3.63) is 36.5 Å². The van der Waals surface area contributed by atoms with Gasteiger partial charge in [0.2, 0.25) is 5.91 Å². The lowest BCUT2D eigenvalue weighted by Gasteiger charge is -2.27.